The molecule has 0 aliphatic heterocycles. The van der Waals surface area contributed by atoms with Gasteiger partial charge in [0, 0.05) is 10.4 Å². The van der Waals surface area contributed by atoms with Crippen LogP contribution in [0.1, 0.15) is 37.6 Å². The van der Waals surface area contributed by atoms with Gasteiger partial charge in [-0.2, -0.15) is 0 Å². The summed E-state index contributed by atoms with van der Waals surface area (Å²) in [5.74, 6) is 0. The van der Waals surface area contributed by atoms with Gasteiger partial charge in [0.2, 0.25) is 0 Å². The molecule has 1 heterocycles. The number of aryl methyl sites for hydroxylation is 1. The molecule has 18 heavy (non-hydrogen) atoms. The fraction of sp³-hybridized carbons (Fsp3) is 0.400. The molecule has 0 fully saturated rings. The Balaban J connectivity index is 2.36. The van der Waals surface area contributed by atoms with Crippen LogP contribution in [0, 0.1) is 6.92 Å². The van der Waals surface area contributed by atoms with E-state index in [4.69, 9.17) is 5.73 Å². The first-order chi connectivity index (χ1) is 8.44. The summed E-state index contributed by atoms with van der Waals surface area (Å²) in [6, 6.07) is 8.70. The number of hydrogen-bond donors (Lipinski definition) is 1. The van der Waals surface area contributed by atoms with Crippen LogP contribution in [-0.4, -0.2) is 4.98 Å². The van der Waals surface area contributed by atoms with Crippen LogP contribution in [0.15, 0.2) is 24.3 Å². The third-order valence-corrected chi connectivity index (χ3v) is 4.44. The van der Waals surface area contributed by atoms with E-state index in [0.29, 0.717) is 5.13 Å². The highest BCUT2D eigenvalue weighted by molar-refractivity contribution is 7.15. The van der Waals surface area contributed by atoms with Crippen LogP contribution < -0.4 is 5.73 Å². The van der Waals surface area contributed by atoms with E-state index >= 15 is 0 Å². The number of anilines is 1. The molecule has 0 saturated heterocycles. The lowest BCUT2D eigenvalue weighted by atomic mass is 9.82. The van der Waals surface area contributed by atoms with Crippen LogP contribution in [0.3, 0.4) is 0 Å². The van der Waals surface area contributed by atoms with Crippen LogP contribution in [0.2, 0.25) is 0 Å². The predicted octanol–water partition coefficient (Wildman–Crippen LogP) is 4.39. The molecule has 2 rings (SSSR count). The molecule has 1 aromatic carbocycles. The van der Waals surface area contributed by atoms with Crippen LogP contribution in [0.25, 0.3) is 11.3 Å². The first-order valence-corrected chi connectivity index (χ1v) is 7.09. The maximum absolute atomic E-state index is 5.74. The number of nitrogens with two attached hydrogens (primary N) is 1. The van der Waals surface area contributed by atoms with Gasteiger partial charge in [-0.25, -0.2) is 4.98 Å². The lowest BCUT2D eigenvalue weighted by Crippen LogP contribution is -2.14. The topological polar surface area (TPSA) is 38.9 Å². The molecule has 2 N–H and O–H groups in total. The van der Waals surface area contributed by atoms with Gasteiger partial charge in [0.05, 0.1) is 5.69 Å². The number of nitrogen functional groups attached to an aromatic ring is 1. The van der Waals surface area contributed by atoms with E-state index in [1.807, 2.05) is 0 Å². The van der Waals surface area contributed by atoms with Gasteiger partial charge >= 0.3 is 0 Å². The maximum atomic E-state index is 5.74. The van der Waals surface area contributed by atoms with E-state index in [0.717, 1.165) is 17.7 Å². The quantitative estimate of drug-likeness (QED) is 0.889. The molecule has 2 aromatic rings. The average Bonchev–Trinajstić information content (AvgIpc) is 2.69. The summed E-state index contributed by atoms with van der Waals surface area (Å²) >= 11 is 1.54. The van der Waals surface area contributed by atoms with Gasteiger partial charge in [0.25, 0.3) is 0 Å². The summed E-state index contributed by atoms with van der Waals surface area (Å²) in [6.45, 7) is 8.83. The van der Waals surface area contributed by atoms with Gasteiger partial charge in [0.1, 0.15) is 0 Å². The number of benzene rings is 1. The highest BCUT2D eigenvalue weighted by Crippen LogP contribution is 2.32. The molecule has 0 spiro atoms. The van der Waals surface area contributed by atoms with Crippen molar-refractivity contribution in [3.63, 3.8) is 0 Å². The molecule has 2 nitrogen and oxygen atoms in total. The SMILES string of the molecule is CCC(C)(C)c1ccc(-c2nc(N)sc2C)cc1. The van der Waals surface area contributed by atoms with E-state index < -0.39 is 0 Å². The molecule has 0 aliphatic rings. The third kappa shape index (κ3) is 2.41. The van der Waals surface area contributed by atoms with Crippen molar-refractivity contribution in [3.8, 4) is 11.3 Å². The van der Waals surface area contributed by atoms with Crippen LogP contribution in [0.5, 0.6) is 0 Å². The van der Waals surface area contributed by atoms with E-state index in [9.17, 15) is 0 Å². The fourth-order valence-electron chi connectivity index (χ4n) is 1.97. The van der Waals surface area contributed by atoms with E-state index in [-0.39, 0.29) is 5.41 Å². The second-order valence-corrected chi connectivity index (χ2v) is 6.51. The number of nitrogens with zero attached hydrogens (tertiary/aromatic N) is 1. The molecular weight excluding hydrogens is 240 g/mol. The zero-order valence-corrected chi connectivity index (χ0v) is 12.3. The minimum Gasteiger partial charge on any atom is -0.375 e. The lowest BCUT2D eigenvalue weighted by molar-refractivity contribution is 0.506. The Morgan fingerprint density at radius 2 is 1.83 bits per heavy atom. The van der Waals surface area contributed by atoms with Crippen molar-refractivity contribution in [2.24, 2.45) is 0 Å². The normalized spacial score (nSPS) is 11.8. The van der Waals surface area contributed by atoms with Gasteiger partial charge in [0.15, 0.2) is 5.13 Å². The Hall–Kier alpha value is -1.35. The molecule has 0 aliphatic carbocycles. The van der Waals surface area contributed by atoms with Crippen molar-refractivity contribution >= 4 is 16.5 Å². The molecular formula is C15H20N2S. The summed E-state index contributed by atoms with van der Waals surface area (Å²) in [6.07, 6.45) is 1.13. The minimum atomic E-state index is 0.231. The highest BCUT2D eigenvalue weighted by Gasteiger charge is 2.18. The van der Waals surface area contributed by atoms with Crippen molar-refractivity contribution in [1.82, 2.24) is 4.98 Å². The first kappa shape index (κ1) is 13.1. The highest BCUT2D eigenvalue weighted by atomic mass is 32.1. The summed E-state index contributed by atoms with van der Waals surface area (Å²) < 4.78 is 0. The minimum absolute atomic E-state index is 0.231. The number of hydrogen-bond acceptors (Lipinski definition) is 3. The Bertz CT molecular complexity index is 538. The molecule has 0 bridgehead atoms. The molecule has 0 unspecified atom stereocenters. The monoisotopic (exact) mass is 260 g/mol. The smallest absolute Gasteiger partial charge is 0.180 e. The van der Waals surface area contributed by atoms with E-state index in [2.05, 4.69) is 56.9 Å². The van der Waals surface area contributed by atoms with Crippen LogP contribution in [0.4, 0.5) is 5.13 Å². The summed E-state index contributed by atoms with van der Waals surface area (Å²) in [7, 11) is 0. The van der Waals surface area contributed by atoms with Gasteiger partial charge in [-0.1, -0.05) is 45.0 Å². The van der Waals surface area contributed by atoms with Crippen molar-refractivity contribution < 1.29 is 0 Å². The molecule has 0 atom stereocenters. The van der Waals surface area contributed by atoms with Crippen molar-refractivity contribution in [1.29, 1.82) is 0 Å². The summed E-state index contributed by atoms with van der Waals surface area (Å²) in [5, 5.41) is 0.639. The van der Waals surface area contributed by atoms with E-state index in [1.165, 1.54) is 10.4 Å². The van der Waals surface area contributed by atoms with Crippen molar-refractivity contribution in [2.45, 2.75) is 39.5 Å². The molecule has 0 saturated carbocycles. The second kappa shape index (κ2) is 4.73. The first-order valence-electron chi connectivity index (χ1n) is 6.28. The van der Waals surface area contributed by atoms with Crippen LogP contribution in [-0.2, 0) is 5.41 Å². The number of thiazole rings is 1. The Labute approximate surface area is 113 Å². The molecule has 1 aromatic heterocycles. The number of rotatable bonds is 3. The third-order valence-electron chi connectivity index (χ3n) is 3.64. The molecule has 0 amide bonds. The zero-order valence-electron chi connectivity index (χ0n) is 11.4. The van der Waals surface area contributed by atoms with Gasteiger partial charge < -0.3 is 5.73 Å². The van der Waals surface area contributed by atoms with Crippen LogP contribution >= 0.6 is 11.3 Å². The Morgan fingerprint density at radius 1 is 1.22 bits per heavy atom. The Morgan fingerprint density at radius 3 is 2.28 bits per heavy atom. The fourth-order valence-corrected chi connectivity index (χ4v) is 2.68. The lowest BCUT2D eigenvalue weighted by Gasteiger charge is -2.23. The summed E-state index contributed by atoms with van der Waals surface area (Å²) in [5.41, 5.74) is 9.51. The summed E-state index contributed by atoms with van der Waals surface area (Å²) in [4.78, 5) is 5.56. The van der Waals surface area contributed by atoms with Gasteiger partial charge in [-0.3, -0.25) is 0 Å². The molecule has 96 valence electrons. The standard InChI is InChI=1S/C15H20N2S/c1-5-15(3,4)12-8-6-11(7-9-12)13-10(2)18-14(16)17-13/h6-9H,5H2,1-4H3,(H2,16,17). The van der Waals surface area contributed by atoms with Gasteiger partial charge in [-0.15, -0.1) is 11.3 Å². The Kier molecular flexibility index (Phi) is 3.44. The molecule has 3 heteroatoms. The average molecular weight is 260 g/mol. The van der Waals surface area contributed by atoms with Crippen molar-refractivity contribution in [3.05, 3.63) is 34.7 Å². The van der Waals surface area contributed by atoms with Gasteiger partial charge in [-0.05, 0) is 24.3 Å². The van der Waals surface area contributed by atoms with E-state index in [1.54, 1.807) is 11.3 Å². The predicted molar refractivity (Wildman–Crippen MR) is 80.0 cm³/mol. The molecule has 0 radical (unpaired) electrons. The largest absolute Gasteiger partial charge is 0.375 e. The van der Waals surface area contributed by atoms with Crippen molar-refractivity contribution in [2.75, 3.05) is 5.73 Å². The zero-order chi connectivity index (χ0) is 13.3. The second-order valence-electron chi connectivity index (χ2n) is 5.27. The maximum Gasteiger partial charge on any atom is 0.180 e. The number of aromatic nitrogens is 1.